The van der Waals surface area contributed by atoms with Crippen molar-refractivity contribution in [1.29, 1.82) is 0 Å². The molecule has 1 aromatic carbocycles. The normalized spacial score (nSPS) is 14.9. The largest absolute Gasteiger partial charge is 0.493 e. The van der Waals surface area contributed by atoms with Crippen molar-refractivity contribution in [2.75, 3.05) is 13.7 Å². The molecule has 0 bridgehead atoms. The number of nitrogens with one attached hydrogen (secondary N) is 2. The number of hydrogen-bond donors (Lipinski definition) is 3. The van der Waals surface area contributed by atoms with Crippen LogP contribution >= 0.6 is 0 Å². The maximum absolute atomic E-state index is 12.0. The lowest BCUT2D eigenvalue weighted by atomic mass is 9.95. The number of hydrazone groups is 1. The van der Waals surface area contributed by atoms with E-state index in [0.717, 1.165) is 25.7 Å². The summed E-state index contributed by atoms with van der Waals surface area (Å²) >= 11 is 0. The second-order valence-corrected chi connectivity index (χ2v) is 5.84. The third-order valence-corrected chi connectivity index (χ3v) is 3.91. The summed E-state index contributed by atoms with van der Waals surface area (Å²) in [5, 5.41) is 6.67. The van der Waals surface area contributed by atoms with Crippen LogP contribution in [0.5, 0.6) is 11.5 Å². The van der Waals surface area contributed by atoms with E-state index in [-0.39, 0.29) is 18.6 Å². The van der Waals surface area contributed by atoms with Gasteiger partial charge in [-0.1, -0.05) is 19.3 Å². The highest BCUT2D eigenvalue weighted by Crippen LogP contribution is 2.27. The predicted octanol–water partition coefficient (Wildman–Crippen LogP) is 1.53. The van der Waals surface area contributed by atoms with E-state index in [0.29, 0.717) is 17.1 Å². The molecular weight excluding hydrogens is 324 g/mol. The molecule has 1 aromatic rings. The summed E-state index contributed by atoms with van der Waals surface area (Å²) in [6, 6.07) is 4.59. The van der Waals surface area contributed by atoms with Crippen molar-refractivity contribution in [3.63, 3.8) is 0 Å². The number of benzene rings is 1. The molecule has 0 heterocycles. The standard InChI is InChI=1S/C17H24N4O4/c1-24-15-9-12(10-19-21-17(18)23)7-8-14(15)25-11-16(22)20-13-5-3-2-4-6-13/h7-10,13H,2-6,11H2,1H3,(H,20,22)(H3,18,21,23). The van der Waals surface area contributed by atoms with Crippen LogP contribution in [-0.4, -0.2) is 37.9 Å². The van der Waals surface area contributed by atoms with Gasteiger partial charge in [0, 0.05) is 6.04 Å². The minimum absolute atomic E-state index is 0.0659. The minimum atomic E-state index is -0.743. The van der Waals surface area contributed by atoms with E-state index in [1.54, 1.807) is 18.2 Å². The molecule has 1 aliphatic rings. The number of ether oxygens (including phenoxy) is 2. The lowest BCUT2D eigenvalue weighted by molar-refractivity contribution is -0.124. The SMILES string of the molecule is COc1cc(C=NNC(N)=O)ccc1OCC(=O)NC1CCCCC1. The molecule has 1 saturated carbocycles. The summed E-state index contributed by atoms with van der Waals surface area (Å²) in [7, 11) is 1.51. The van der Waals surface area contributed by atoms with Gasteiger partial charge < -0.3 is 20.5 Å². The zero-order valence-electron chi connectivity index (χ0n) is 14.3. The third kappa shape index (κ3) is 6.33. The number of methoxy groups -OCH3 is 1. The molecule has 4 N–H and O–H groups in total. The molecule has 136 valence electrons. The smallest absolute Gasteiger partial charge is 0.332 e. The van der Waals surface area contributed by atoms with Crippen LogP contribution in [0.3, 0.4) is 0 Å². The molecule has 1 fully saturated rings. The number of urea groups is 1. The molecule has 0 aliphatic heterocycles. The van der Waals surface area contributed by atoms with Crippen molar-refractivity contribution in [3.8, 4) is 11.5 Å². The maximum atomic E-state index is 12.0. The highest BCUT2D eigenvalue weighted by molar-refractivity contribution is 5.82. The summed E-state index contributed by atoms with van der Waals surface area (Å²) in [4.78, 5) is 22.6. The monoisotopic (exact) mass is 348 g/mol. The van der Waals surface area contributed by atoms with E-state index in [9.17, 15) is 9.59 Å². The van der Waals surface area contributed by atoms with E-state index < -0.39 is 6.03 Å². The van der Waals surface area contributed by atoms with E-state index in [1.807, 2.05) is 0 Å². The van der Waals surface area contributed by atoms with Crippen LogP contribution in [0.15, 0.2) is 23.3 Å². The third-order valence-electron chi connectivity index (χ3n) is 3.91. The first kappa shape index (κ1) is 18.6. The Labute approximate surface area is 146 Å². The Morgan fingerprint density at radius 1 is 1.28 bits per heavy atom. The van der Waals surface area contributed by atoms with Crippen LogP contribution in [0, 0.1) is 0 Å². The maximum Gasteiger partial charge on any atom is 0.332 e. The van der Waals surface area contributed by atoms with Gasteiger partial charge >= 0.3 is 6.03 Å². The fraction of sp³-hybridized carbons (Fsp3) is 0.471. The summed E-state index contributed by atoms with van der Waals surface area (Å²) in [5.74, 6) is 0.792. The topological polar surface area (TPSA) is 115 Å². The first-order chi connectivity index (χ1) is 12.1. The minimum Gasteiger partial charge on any atom is -0.493 e. The number of primary amides is 1. The summed E-state index contributed by atoms with van der Waals surface area (Å²) in [5.41, 5.74) is 7.72. The quantitative estimate of drug-likeness (QED) is 0.512. The number of nitrogens with two attached hydrogens (primary N) is 1. The number of amides is 3. The first-order valence-electron chi connectivity index (χ1n) is 8.27. The van der Waals surface area contributed by atoms with Gasteiger partial charge in [0.1, 0.15) is 0 Å². The molecule has 0 aromatic heterocycles. The van der Waals surface area contributed by atoms with Gasteiger partial charge in [0.05, 0.1) is 13.3 Å². The molecule has 0 atom stereocenters. The van der Waals surface area contributed by atoms with Crippen LogP contribution in [0.2, 0.25) is 0 Å². The predicted molar refractivity (Wildman–Crippen MR) is 93.8 cm³/mol. The second-order valence-electron chi connectivity index (χ2n) is 5.84. The van der Waals surface area contributed by atoms with Gasteiger partial charge in [-0.15, -0.1) is 0 Å². The van der Waals surface area contributed by atoms with Crippen molar-refractivity contribution in [1.82, 2.24) is 10.7 Å². The van der Waals surface area contributed by atoms with Crippen LogP contribution in [0.25, 0.3) is 0 Å². The van der Waals surface area contributed by atoms with Crippen molar-refractivity contribution in [2.45, 2.75) is 38.1 Å². The van der Waals surface area contributed by atoms with Crippen molar-refractivity contribution >= 4 is 18.2 Å². The van der Waals surface area contributed by atoms with Crippen molar-refractivity contribution in [3.05, 3.63) is 23.8 Å². The number of carbonyl (C=O) groups is 2. The summed E-state index contributed by atoms with van der Waals surface area (Å²) in [6.07, 6.45) is 7.04. The molecule has 2 rings (SSSR count). The Morgan fingerprint density at radius 2 is 2.04 bits per heavy atom. The molecule has 1 aliphatic carbocycles. The molecule has 25 heavy (non-hydrogen) atoms. The number of nitrogens with zero attached hydrogens (tertiary/aromatic N) is 1. The van der Waals surface area contributed by atoms with E-state index in [1.165, 1.54) is 19.7 Å². The van der Waals surface area contributed by atoms with Crippen LogP contribution in [0.1, 0.15) is 37.7 Å². The van der Waals surface area contributed by atoms with Gasteiger partial charge in [-0.05, 0) is 36.6 Å². The highest BCUT2D eigenvalue weighted by Gasteiger charge is 2.16. The molecule has 8 heteroatoms. The number of hydrogen-bond acceptors (Lipinski definition) is 5. The van der Waals surface area contributed by atoms with Crippen LogP contribution in [-0.2, 0) is 4.79 Å². The number of carbonyl (C=O) groups excluding carboxylic acids is 2. The fourth-order valence-corrected chi connectivity index (χ4v) is 2.71. The lowest BCUT2D eigenvalue weighted by Crippen LogP contribution is -2.39. The molecule has 0 saturated heterocycles. The Morgan fingerprint density at radius 3 is 2.72 bits per heavy atom. The highest BCUT2D eigenvalue weighted by atomic mass is 16.5. The average Bonchev–Trinajstić information content (AvgIpc) is 2.61. The van der Waals surface area contributed by atoms with Crippen LogP contribution in [0.4, 0.5) is 4.79 Å². The fourth-order valence-electron chi connectivity index (χ4n) is 2.71. The van der Waals surface area contributed by atoms with Crippen LogP contribution < -0.4 is 25.9 Å². The van der Waals surface area contributed by atoms with Gasteiger partial charge in [-0.25, -0.2) is 10.2 Å². The summed E-state index contributed by atoms with van der Waals surface area (Å²) in [6.45, 7) is -0.0659. The van der Waals surface area contributed by atoms with Gasteiger partial charge in [-0.3, -0.25) is 4.79 Å². The van der Waals surface area contributed by atoms with Crippen molar-refractivity contribution < 1.29 is 19.1 Å². The molecule has 0 radical (unpaired) electrons. The zero-order chi connectivity index (χ0) is 18.1. The first-order valence-corrected chi connectivity index (χ1v) is 8.27. The molecule has 0 unspecified atom stereocenters. The number of rotatable bonds is 7. The van der Waals surface area contributed by atoms with E-state index in [2.05, 4.69) is 15.8 Å². The van der Waals surface area contributed by atoms with Gasteiger partial charge in [0.2, 0.25) is 0 Å². The van der Waals surface area contributed by atoms with Gasteiger partial charge in [-0.2, -0.15) is 5.10 Å². The lowest BCUT2D eigenvalue weighted by Gasteiger charge is -2.22. The molecule has 8 nitrogen and oxygen atoms in total. The Bertz CT molecular complexity index is 627. The summed E-state index contributed by atoms with van der Waals surface area (Å²) < 4.78 is 10.8. The zero-order valence-corrected chi connectivity index (χ0v) is 14.3. The Kier molecular flexibility index (Phi) is 7.06. The Hall–Kier alpha value is -2.77. The molecule has 3 amide bonds. The second kappa shape index (κ2) is 9.51. The van der Waals surface area contributed by atoms with E-state index >= 15 is 0 Å². The van der Waals surface area contributed by atoms with E-state index in [4.69, 9.17) is 15.2 Å². The average molecular weight is 348 g/mol. The Balaban J connectivity index is 1.88. The van der Waals surface area contributed by atoms with Gasteiger partial charge in [0.25, 0.3) is 5.91 Å². The molecular formula is C17H24N4O4. The molecule has 0 spiro atoms. The van der Waals surface area contributed by atoms with Crippen molar-refractivity contribution in [2.24, 2.45) is 10.8 Å². The van der Waals surface area contributed by atoms with Gasteiger partial charge in [0.15, 0.2) is 18.1 Å².